The first-order valence-corrected chi connectivity index (χ1v) is 7.84. The first-order valence-electron chi connectivity index (χ1n) is 7.84. The second-order valence-electron chi connectivity index (χ2n) is 6.77. The Morgan fingerprint density at radius 3 is 2.76 bits per heavy atom. The number of fused-ring (bicyclic) bond motifs is 2. The zero-order valence-electron chi connectivity index (χ0n) is 13.5. The van der Waals surface area contributed by atoms with E-state index in [1.807, 2.05) is 0 Å². The number of aryl methyl sites for hydroxylation is 1. The van der Waals surface area contributed by atoms with E-state index in [0.29, 0.717) is 0 Å². The number of rotatable bonds is 2. The summed E-state index contributed by atoms with van der Waals surface area (Å²) in [5.41, 5.74) is 12.4. The van der Waals surface area contributed by atoms with Crippen LogP contribution in [0.3, 0.4) is 0 Å². The van der Waals surface area contributed by atoms with Crippen LogP contribution in [-0.2, 0) is 18.5 Å². The molecule has 3 nitrogen and oxygen atoms in total. The molecule has 2 aromatic rings. The van der Waals surface area contributed by atoms with Crippen molar-refractivity contribution in [1.82, 2.24) is 9.88 Å². The van der Waals surface area contributed by atoms with Crippen molar-refractivity contribution in [3.05, 3.63) is 40.6 Å². The Bertz CT molecular complexity index is 683. The molecule has 112 valence electrons. The smallest absolute Gasteiger partial charge is 0.0709 e. The number of aromatic nitrogens is 1. The van der Waals surface area contributed by atoms with Crippen LogP contribution < -0.4 is 5.73 Å². The first kappa shape index (κ1) is 14.5. The second-order valence-corrected chi connectivity index (χ2v) is 6.77. The van der Waals surface area contributed by atoms with E-state index < -0.39 is 0 Å². The summed E-state index contributed by atoms with van der Waals surface area (Å²) in [5.74, 6) is 0. The quantitative estimate of drug-likeness (QED) is 0.921. The molecule has 0 atom stereocenters. The van der Waals surface area contributed by atoms with Crippen LogP contribution in [0.4, 0.5) is 0 Å². The molecule has 1 aromatic carbocycles. The minimum Gasteiger partial charge on any atom is -0.322 e. The van der Waals surface area contributed by atoms with Gasteiger partial charge in [-0.15, -0.1) is 0 Å². The van der Waals surface area contributed by atoms with Gasteiger partial charge in [0, 0.05) is 36.1 Å². The van der Waals surface area contributed by atoms with E-state index in [1.54, 1.807) is 0 Å². The third-order valence-corrected chi connectivity index (χ3v) is 4.47. The highest BCUT2D eigenvalue weighted by atomic mass is 15.1. The molecule has 21 heavy (non-hydrogen) atoms. The third kappa shape index (κ3) is 2.56. The molecule has 0 saturated heterocycles. The summed E-state index contributed by atoms with van der Waals surface area (Å²) in [4.78, 5) is 7.39. The minimum atomic E-state index is -0.351. The molecule has 0 bridgehead atoms. The van der Waals surface area contributed by atoms with Crippen LogP contribution in [0.25, 0.3) is 10.9 Å². The summed E-state index contributed by atoms with van der Waals surface area (Å²) >= 11 is 0. The fourth-order valence-corrected chi connectivity index (χ4v) is 3.42. The van der Waals surface area contributed by atoms with Gasteiger partial charge in [-0.2, -0.15) is 0 Å². The van der Waals surface area contributed by atoms with Gasteiger partial charge in [0.2, 0.25) is 0 Å². The van der Waals surface area contributed by atoms with E-state index in [2.05, 4.69) is 50.8 Å². The summed E-state index contributed by atoms with van der Waals surface area (Å²) in [6, 6.07) is 6.50. The van der Waals surface area contributed by atoms with E-state index in [1.165, 1.54) is 27.8 Å². The molecule has 0 unspecified atom stereocenters. The van der Waals surface area contributed by atoms with Crippen LogP contribution in [0.2, 0.25) is 0 Å². The van der Waals surface area contributed by atoms with Crippen molar-refractivity contribution in [2.45, 2.75) is 46.2 Å². The lowest BCUT2D eigenvalue weighted by molar-refractivity contribution is 0.263. The van der Waals surface area contributed by atoms with Crippen LogP contribution in [0.5, 0.6) is 0 Å². The van der Waals surface area contributed by atoms with E-state index in [9.17, 15) is 0 Å². The lowest BCUT2D eigenvalue weighted by atomic mass is 9.84. The third-order valence-electron chi connectivity index (χ3n) is 4.47. The average Bonchev–Trinajstić information content (AvgIpc) is 2.42. The molecule has 2 heterocycles. The predicted molar refractivity (Wildman–Crippen MR) is 88.3 cm³/mol. The molecule has 0 spiro atoms. The molecule has 2 N–H and O–H groups in total. The van der Waals surface area contributed by atoms with E-state index in [0.717, 1.165) is 31.6 Å². The lowest BCUT2D eigenvalue weighted by Gasteiger charge is -2.33. The van der Waals surface area contributed by atoms with Gasteiger partial charge in [-0.3, -0.25) is 9.88 Å². The zero-order chi connectivity index (χ0) is 15.2. The van der Waals surface area contributed by atoms with Crippen molar-refractivity contribution in [2.24, 2.45) is 5.73 Å². The van der Waals surface area contributed by atoms with Crippen LogP contribution >= 0.6 is 0 Å². The standard InChI is InChI=1S/C18H25N3/c1-5-21-9-8-16-14(11-21)17(18(3,4)19)13-10-12(2)6-7-15(13)20-16/h6-7,10H,5,8-9,11,19H2,1-4H3. The summed E-state index contributed by atoms with van der Waals surface area (Å²) < 4.78 is 0. The lowest BCUT2D eigenvalue weighted by Crippen LogP contribution is -2.36. The van der Waals surface area contributed by atoms with Gasteiger partial charge in [0.1, 0.15) is 0 Å². The van der Waals surface area contributed by atoms with Gasteiger partial charge in [-0.1, -0.05) is 18.6 Å². The van der Waals surface area contributed by atoms with Crippen molar-refractivity contribution in [3.63, 3.8) is 0 Å². The second kappa shape index (κ2) is 5.08. The fraction of sp³-hybridized carbons (Fsp3) is 0.500. The maximum atomic E-state index is 6.54. The Morgan fingerprint density at radius 2 is 2.10 bits per heavy atom. The van der Waals surface area contributed by atoms with Gasteiger partial charge in [0.15, 0.2) is 0 Å². The number of nitrogens with zero attached hydrogens (tertiary/aromatic N) is 2. The van der Waals surface area contributed by atoms with Gasteiger partial charge >= 0.3 is 0 Å². The van der Waals surface area contributed by atoms with Crippen molar-refractivity contribution < 1.29 is 0 Å². The Morgan fingerprint density at radius 1 is 1.33 bits per heavy atom. The molecule has 0 saturated carbocycles. The highest BCUT2D eigenvalue weighted by Crippen LogP contribution is 2.34. The van der Waals surface area contributed by atoms with E-state index in [4.69, 9.17) is 10.7 Å². The molecule has 3 rings (SSSR count). The summed E-state index contributed by atoms with van der Waals surface area (Å²) in [6.07, 6.45) is 1.02. The molecule has 0 aliphatic carbocycles. The maximum absolute atomic E-state index is 6.54. The number of hydrogen-bond acceptors (Lipinski definition) is 3. The van der Waals surface area contributed by atoms with Crippen molar-refractivity contribution in [2.75, 3.05) is 13.1 Å². The Kier molecular flexibility index (Phi) is 3.50. The summed E-state index contributed by atoms with van der Waals surface area (Å²) in [6.45, 7) is 11.7. The van der Waals surface area contributed by atoms with Crippen molar-refractivity contribution in [3.8, 4) is 0 Å². The zero-order valence-corrected chi connectivity index (χ0v) is 13.5. The maximum Gasteiger partial charge on any atom is 0.0709 e. The van der Waals surface area contributed by atoms with Crippen molar-refractivity contribution in [1.29, 1.82) is 0 Å². The normalized spacial score (nSPS) is 16.2. The number of likely N-dealkylation sites (N-methyl/N-ethyl adjacent to an activating group) is 1. The Balaban J connectivity index is 2.32. The van der Waals surface area contributed by atoms with Gasteiger partial charge in [-0.25, -0.2) is 0 Å². The van der Waals surface area contributed by atoms with Gasteiger partial charge < -0.3 is 5.73 Å². The topological polar surface area (TPSA) is 42.2 Å². The number of pyridine rings is 1. The number of hydrogen-bond donors (Lipinski definition) is 1. The molecule has 0 radical (unpaired) electrons. The largest absolute Gasteiger partial charge is 0.322 e. The average molecular weight is 283 g/mol. The fourth-order valence-electron chi connectivity index (χ4n) is 3.42. The first-order chi connectivity index (χ1) is 9.90. The highest BCUT2D eigenvalue weighted by molar-refractivity contribution is 5.85. The van der Waals surface area contributed by atoms with Crippen LogP contribution in [0.1, 0.15) is 43.2 Å². The van der Waals surface area contributed by atoms with Gasteiger partial charge in [0.05, 0.1) is 5.52 Å². The SMILES string of the molecule is CCN1CCc2nc3ccc(C)cc3c(C(C)(C)N)c2C1. The monoisotopic (exact) mass is 283 g/mol. The molecule has 0 amide bonds. The number of benzene rings is 1. The minimum absolute atomic E-state index is 0.351. The summed E-state index contributed by atoms with van der Waals surface area (Å²) in [5, 5.41) is 1.22. The Labute approximate surface area is 127 Å². The molecule has 1 aromatic heterocycles. The Hall–Kier alpha value is -1.45. The van der Waals surface area contributed by atoms with Crippen molar-refractivity contribution >= 4 is 10.9 Å². The number of nitrogens with two attached hydrogens (primary N) is 1. The van der Waals surface area contributed by atoms with E-state index >= 15 is 0 Å². The van der Waals surface area contributed by atoms with Crippen LogP contribution in [0, 0.1) is 6.92 Å². The summed E-state index contributed by atoms with van der Waals surface area (Å²) in [7, 11) is 0. The molecule has 1 aliphatic rings. The van der Waals surface area contributed by atoms with E-state index in [-0.39, 0.29) is 5.54 Å². The highest BCUT2D eigenvalue weighted by Gasteiger charge is 2.28. The molecule has 1 aliphatic heterocycles. The van der Waals surface area contributed by atoms with Gasteiger partial charge in [-0.05, 0) is 50.6 Å². The predicted octanol–water partition coefficient (Wildman–Crippen LogP) is 3.12. The molecule has 3 heteroatoms. The molecular weight excluding hydrogens is 258 g/mol. The molecular formula is C18H25N3. The molecule has 0 fully saturated rings. The van der Waals surface area contributed by atoms with Crippen LogP contribution in [-0.4, -0.2) is 23.0 Å². The van der Waals surface area contributed by atoms with Gasteiger partial charge in [0.25, 0.3) is 0 Å². The van der Waals surface area contributed by atoms with Crippen LogP contribution in [0.15, 0.2) is 18.2 Å².